The molecule has 0 saturated heterocycles. The number of methoxy groups -OCH3 is 1. The first-order chi connectivity index (χ1) is 12.4. The molecule has 1 heterocycles. The number of benzene rings is 1. The van der Waals surface area contributed by atoms with Crippen LogP contribution in [-0.4, -0.2) is 54.0 Å². The summed E-state index contributed by atoms with van der Waals surface area (Å²) in [5, 5.41) is 3.18. The van der Waals surface area contributed by atoms with Gasteiger partial charge in [-0.3, -0.25) is 30.1 Å². The average Bonchev–Trinajstić information content (AvgIpc) is 2.60. The minimum atomic E-state index is -0.381. The standard InChI is InChI=1S/C17H22N4O4S/c1-11(10-25-2)18-17(26)20-19-14(22)7-8-21-15(23)9-12-5-3-4-6-13(12)16(21)24/h3-6,11H,7-10H2,1-2H3,(H,19,22)(H2,18,20,26)/t11-/m1/s1. The summed E-state index contributed by atoms with van der Waals surface area (Å²) in [7, 11) is 1.58. The number of fused-ring (bicyclic) bond motifs is 1. The molecule has 3 amide bonds. The van der Waals surface area contributed by atoms with E-state index in [0.717, 1.165) is 4.90 Å². The highest BCUT2D eigenvalue weighted by Crippen LogP contribution is 2.19. The van der Waals surface area contributed by atoms with Crippen molar-refractivity contribution in [3.05, 3.63) is 35.4 Å². The fourth-order valence-corrected chi connectivity index (χ4v) is 2.83. The number of imide groups is 1. The first-order valence-corrected chi connectivity index (χ1v) is 8.60. The van der Waals surface area contributed by atoms with E-state index in [4.69, 9.17) is 17.0 Å². The number of ether oxygens (including phenoxy) is 1. The second-order valence-corrected chi connectivity index (χ2v) is 6.35. The van der Waals surface area contributed by atoms with Crippen molar-refractivity contribution in [2.24, 2.45) is 0 Å². The fraction of sp³-hybridized carbons (Fsp3) is 0.412. The molecule has 3 N–H and O–H groups in total. The SMILES string of the molecule is COC[C@@H](C)NC(=S)NNC(=O)CCN1C(=O)Cc2ccccc2C1=O. The molecule has 1 aliphatic rings. The number of rotatable bonds is 6. The van der Waals surface area contributed by atoms with E-state index in [1.54, 1.807) is 31.4 Å². The van der Waals surface area contributed by atoms with Crippen LogP contribution < -0.4 is 16.2 Å². The van der Waals surface area contributed by atoms with Crippen molar-refractivity contribution in [2.45, 2.75) is 25.8 Å². The molecule has 0 bridgehead atoms. The highest BCUT2D eigenvalue weighted by Gasteiger charge is 2.30. The van der Waals surface area contributed by atoms with Crippen LogP contribution >= 0.6 is 12.2 Å². The van der Waals surface area contributed by atoms with E-state index >= 15 is 0 Å². The zero-order valence-corrected chi connectivity index (χ0v) is 15.5. The third-order valence-corrected chi connectivity index (χ3v) is 4.03. The van der Waals surface area contributed by atoms with Gasteiger partial charge in [-0.15, -0.1) is 0 Å². The van der Waals surface area contributed by atoms with E-state index in [1.807, 2.05) is 6.92 Å². The number of carbonyl (C=O) groups excluding carboxylic acids is 3. The first-order valence-electron chi connectivity index (χ1n) is 8.19. The number of hydrogen-bond donors (Lipinski definition) is 3. The van der Waals surface area contributed by atoms with Crippen molar-refractivity contribution in [3.63, 3.8) is 0 Å². The van der Waals surface area contributed by atoms with E-state index < -0.39 is 0 Å². The number of nitrogens with one attached hydrogen (secondary N) is 3. The van der Waals surface area contributed by atoms with E-state index in [-0.39, 0.29) is 48.3 Å². The average molecular weight is 378 g/mol. The molecule has 0 fully saturated rings. The molecule has 8 nitrogen and oxygen atoms in total. The maximum absolute atomic E-state index is 12.4. The topological polar surface area (TPSA) is 99.8 Å². The lowest BCUT2D eigenvalue weighted by molar-refractivity contribution is -0.129. The summed E-state index contributed by atoms with van der Waals surface area (Å²) < 4.78 is 4.97. The molecule has 0 aliphatic carbocycles. The number of carbonyl (C=O) groups is 3. The Hall–Kier alpha value is -2.52. The van der Waals surface area contributed by atoms with E-state index in [2.05, 4.69) is 16.2 Å². The molecule has 1 aromatic rings. The van der Waals surface area contributed by atoms with Gasteiger partial charge in [0.1, 0.15) is 0 Å². The Labute approximate surface area is 157 Å². The van der Waals surface area contributed by atoms with Crippen LogP contribution in [0.15, 0.2) is 24.3 Å². The van der Waals surface area contributed by atoms with Crippen LogP contribution in [-0.2, 0) is 20.7 Å². The van der Waals surface area contributed by atoms with Crippen LogP contribution in [0.1, 0.15) is 29.3 Å². The summed E-state index contributed by atoms with van der Waals surface area (Å²) in [6.45, 7) is 2.36. The molecule has 0 radical (unpaired) electrons. The van der Waals surface area contributed by atoms with Gasteiger partial charge >= 0.3 is 0 Å². The molecule has 0 unspecified atom stereocenters. The summed E-state index contributed by atoms with van der Waals surface area (Å²) in [6.07, 6.45) is 0.135. The number of nitrogens with zero attached hydrogens (tertiary/aromatic N) is 1. The zero-order chi connectivity index (χ0) is 19.1. The molecule has 1 atom stereocenters. The van der Waals surface area contributed by atoms with Crippen molar-refractivity contribution in [1.82, 2.24) is 21.1 Å². The van der Waals surface area contributed by atoms with Gasteiger partial charge in [0.05, 0.1) is 13.0 Å². The lowest BCUT2D eigenvalue weighted by Gasteiger charge is -2.26. The smallest absolute Gasteiger partial charge is 0.260 e. The Bertz CT molecular complexity index is 710. The van der Waals surface area contributed by atoms with Crippen molar-refractivity contribution >= 4 is 35.1 Å². The van der Waals surface area contributed by atoms with E-state index in [9.17, 15) is 14.4 Å². The molecule has 1 aromatic carbocycles. The van der Waals surface area contributed by atoms with Crippen molar-refractivity contribution in [1.29, 1.82) is 0 Å². The molecule has 9 heteroatoms. The van der Waals surface area contributed by atoms with Crippen LogP contribution in [0.5, 0.6) is 0 Å². The van der Waals surface area contributed by atoms with Crippen molar-refractivity contribution in [3.8, 4) is 0 Å². The van der Waals surface area contributed by atoms with Gasteiger partial charge in [0, 0.05) is 31.7 Å². The number of hydrazine groups is 1. The molecular weight excluding hydrogens is 356 g/mol. The van der Waals surface area contributed by atoms with Crippen molar-refractivity contribution < 1.29 is 19.1 Å². The molecule has 2 rings (SSSR count). The third-order valence-electron chi connectivity index (χ3n) is 3.81. The van der Waals surface area contributed by atoms with Gasteiger partial charge in [-0.1, -0.05) is 18.2 Å². The summed E-state index contributed by atoms with van der Waals surface area (Å²) >= 11 is 5.04. The summed E-state index contributed by atoms with van der Waals surface area (Å²) in [5.41, 5.74) is 6.23. The van der Waals surface area contributed by atoms with Crippen LogP contribution in [0, 0.1) is 0 Å². The third kappa shape index (κ3) is 5.24. The Kier molecular flexibility index (Phi) is 7.05. The largest absolute Gasteiger partial charge is 0.383 e. The molecule has 0 spiro atoms. The van der Waals surface area contributed by atoms with Gasteiger partial charge in [-0.2, -0.15) is 0 Å². The lowest BCUT2D eigenvalue weighted by atomic mass is 9.98. The quantitative estimate of drug-likeness (QED) is 0.368. The van der Waals surface area contributed by atoms with Crippen LogP contribution in [0.4, 0.5) is 0 Å². The fourth-order valence-electron chi connectivity index (χ4n) is 2.58. The Morgan fingerprint density at radius 2 is 2.04 bits per heavy atom. The first kappa shape index (κ1) is 19.8. The Balaban J connectivity index is 1.79. The van der Waals surface area contributed by atoms with E-state index in [1.165, 1.54) is 0 Å². The van der Waals surface area contributed by atoms with Gasteiger partial charge in [-0.25, -0.2) is 0 Å². The van der Waals surface area contributed by atoms with Gasteiger partial charge < -0.3 is 10.1 Å². The van der Waals surface area contributed by atoms with Gasteiger partial charge in [0.15, 0.2) is 5.11 Å². The minimum Gasteiger partial charge on any atom is -0.383 e. The van der Waals surface area contributed by atoms with Crippen LogP contribution in [0.3, 0.4) is 0 Å². The molecular formula is C17H22N4O4S. The normalized spacial score (nSPS) is 14.5. The van der Waals surface area contributed by atoms with Crippen LogP contribution in [0.25, 0.3) is 0 Å². The summed E-state index contributed by atoms with van der Waals surface area (Å²) in [5.74, 6) is -1.06. The maximum atomic E-state index is 12.4. The molecule has 1 aliphatic heterocycles. The Morgan fingerprint density at radius 1 is 1.31 bits per heavy atom. The predicted molar refractivity (Wildman–Crippen MR) is 99.2 cm³/mol. The van der Waals surface area contributed by atoms with Crippen molar-refractivity contribution in [2.75, 3.05) is 20.3 Å². The predicted octanol–water partition coefficient (Wildman–Crippen LogP) is 0.132. The zero-order valence-electron chi connectivity index (χ0n) is 14.7. The summed E-state index contributed by atoms with van der Waals surface area (Å²) in [6, 6.07) is 6.97. The monoisotopic (exact) mass is 378 g/mol. The Morgan fingerprint density at radius 3 is 2.77 bits per heavy atom. The second kappa shape index (κ2) is 9.25. The number of hydrogen-bond acceptors (Lipinski definition) is 5. The number of thiocarbonyl (C=S) groups is 1. The van der Waals surface area contributed by atoms with Gasteiger partial charge in [-0.05, 0) is 30.8 Å². The van der Waals surface area contributed by atoms with Crippen LogP contribution in [0.2, 0.25) is 0 Å². The molecule has 26 heavy (non-hydrogen) atoms. The lowest BCUT2D eigenvalue weighted by Crippen LogP contribution is -2.51. The number of amides is 3. The minimum absolute atomic E-state index is 0.0134. The molecule has 0 aromatic heterocycles. The summed E-state index contributed by atoms with van der Waals surface area (Å²) in [4.78, 5) is 37.6. The molecule has 140 valence electrons. The van der Waals surface area contributed by atoms with E-state index in [0.29, 0.717) is 17.7 Å². The highest BCUT2D eigenvalue weighted by molar-refractivity contribution is 7.80. The maximum Gasteiger partial charge on any atom is 0.260 e. The second-order valence-electron chi connectivity index (χ2n) is 5.94. The van der Waals surface area contributed by atoms with Gasteiger partial charge in [0.25, 0.3) is 5.91 Å². The molecule has 0 saturated carbocycles. The van der Waals surface area contributed by atoms with Gasteiger partial charge in [0.2, 0.25) is 11.8 Å². The highest BCUT2D eigenvalue weighted by atomic mass is 32.1.